The predicted octanol–water partition coefficient (Wildman–Crippen LogP) is 2.77. The van der Waals surface area contributed by atoms with Crippen LogP contribution in [0, 0.1) is 13.3 Å². The van der Waals surface area contributed by atoms with Crippen LogP contribution in [0.3, 0.4) is 0 Å². The molecule has 0 aliphatic heterocycles. The monoisotopic (exact) mass is 332 g/mol. The molecule has 19 heavy (non-hydrogen) atoms. The maximum Gasteiger partial charge on any atom is 0.0328 e. The normalized spacial score (nSPS) is 7.74. The first-order valence-electron chi connectivity index (χ1n) is 5.63. The molecule has 0 N–H and O–H groups in total. The molecular formula is C14H17N3OY-2. The third kappa shape index (κ3) is 10.5. The van der Waals surface area contributed by atoms with E-state index in [1.165, 1.54) is 6.92 Å². The van der Waals surface area contributed by atoms with Crippen molar-refractivity contribution in [2.24, 2.45) is 0 Å². The molecule has 99 valence electrons. The Hall–Kier alpha value is -1.13. The van der Waals surface area contributed by atoms with Gasteiger partial charge in [-0.05, 0) is 30.5 Å². The molecule has 0 unspecified atom stereocenters. The first-order valence-corrected chi connectivity index (χ1v) is 5.63. The van der Waals surface area contributed by atoms with Crippen LogP contribution in [0.5, 0.6) is 0 Å². The number of ketones is 1. The second kappa shape index (κ2) is 13.3. The topological polar surface area (TPSA) is 55.7 Å². The number of hydrogen-bond donors (Lipinski definition) is 0. The minimum atomic E-state index is -0.0833. The van der Waals surface area contributed by atoms with Crippen LogP contribution in [0.4, 0.5) is 0 Å². The van der Waals surface area contributed by atoms with Gasteiger partial charge in [-0.1, -0.05) is 26.1 Å². The van der Waals surface area contributed by atoms with Gasteiger partial charge in [0, 0.05) is 50.9 Å². The van der Waals surface area contributed by atoms with Crippen molar-refractivity contribution in [1.29, 1.82) is 0 Å². The summed E-state index contributed by atoms with van der Waals surface area (Å²) in [5, 5.41) is 0. The number of carbonyl (C=O) groups excluding carboxylic acids is 1. The Bertz CT molecular complexity index is 393. The first-order chi connectivity index (χ1) is 8.70. The van der Waals surface area contributed by atoms with Crippen molar-refractivity contribution in [3.05, 3.63) is 49.9 Å². The maximum absolute atomic E-state index is 9.33. The van der Waals surface area contributed by atoms with Gasteiger partial charge in [0.15, 0.2) is 0 Å². The molecule has 0 saturated carbocycles. The van der Waals surface area contributed by atoms with Gasteiger partial charge >= 0.3 is 0 Å². The molecule has 2 rings (SSSR count). The van der Waals surface area contributed by atoms with E-state index in [4.69, 9.17) is 0 Å². The minimum absolute atomic E-state index is 0. The van der Waals surface area contributed by atoms with Gasteiger partial charge in [-0.2, -0.15) is 0 Å². The molecular weight excluding hydrogens is 315 g/mol. The van der Waals surface area contributed by atoms with Gasteiger partial charge < -0.3 is 21.7 Å². The Morgan fingerprint density at radius 3 is 2.21 bits per heavy atom. The van der Waals surface area contributed by atoms with Gasteiger partial charge in [-0.25, -0.2) is 0 Å². The van der Waals surface area contributed by atoms with E-state index in [2.05, 4.69) is 28.2 Å². The Labute approximate surface area is 140 Å². The molecule has 5 heteroatoms. The molecule has 0 bridgehead atoms. The van der Waals surface area contributed by atoms with E-state index in [0.717, 1.165) is 11.4 Å². The molecule has 0 aromatic carbocycles. The van der Waals surface area contributed by atoms with Gasteiger partial charge in [-0.15, -0.1) is 6.07 Å². The molecule has 0 fully saturated rings. The number of rotatable bonds is 1. The van der Waals surface area contributed by atoms with Gasteiger partial charge in [0.1, 0.15) is 0 Å². The van der Waals surface area contributed by atoms with Crippen LogP contribution in [-0.4, -0.2) is 20.7 Å². The van der Waals surface area contributed by atoms with Crippen molar-refractivity contribution in [2.75, 3.05) is 0 Å². The average Bonchev–Trinajstić information content (AvgIpc) is 2.42. The summed E-state index contributed by atoms with van der Waals surface area (Å²) in [6.45, 7) is 8.42. The summed E-state index contributed by atoms with van der Waals surface area (Å²) in [4.78, 5) is 21.1. The minimum Gasteiger partial charge on any atom is -0.374 e. The third-order valence-electron chi connectivity index (χ3n) is 1.46. The molecule has 2 aromatic rings. The van der Waals surface area contributed by atoms with Gasteiger partial charge in [0.2, 0.25) is 0 Å². The molecule has 1 radical (unpaired) electrons. The zero-order valence-corrected chi connectivity index (χ0v) is 14.3. The Balaban J connectivity index is 0. The fraction of sp³-hybridized carbons (Fsp3) is 0.214. The fourth-order valence-corrected chi connectivity index (χ4v) is 0.918. The van der Waals surface area contributed by atoms with Crippen LogP contribution in [0.1, 0.15) is 20.8 Å². The summed E-state index contributed by atoms with van der Waals surface area (Å²) in [5.41, 5.74) is 1.64. The van der Waals surface area contributed by atoms with E-state index in [0.29, 0.717) is 0 Å². The molecule has 2 heterocycles. The van der Waals surface area contributed by atoms with Crippen molar-refractivity contribution < 1.29 is 37.5 Å². The van der Waals surface area contributed by atoms with Crippen LogP contribution in [-0.2, 0) is 37.5 Å². The standard InChI is InChI=1S/C9H6N3.C3H5O.C2H6.Y/c1-2-5-11-8(3-1)9-4-6-10-7-12-9;1-3(2)4;1-2;/h1-6H;1H2,2H3;1-2H3;/q2*-1;;. The molecule has 0 amide bonds. The summed E-state index contributed by atoms with van der Waals surface area (Å²) in [5.74, 6) is -0.0833. The van der Waals surface area contributed by atoms with E-state index in [-0.39, 0.29) is 38.5 Å². The third-order valence-corrected chi connectivity index (χ3v) is 1.46. The number of pyridine rings is 1. The zero-order chi connectivity index (χ0) is 13.8. The number of Topliss-reactive ketones (excluding diaryl/α,β-unsaturated/α-hetero) is 1. The van der Waals surface area contributed by atoms with Crippen molar-refractivity contribution in [1.82, 2.24) is 15.0 Å². The summed E-state index contributed by atoms with van der Waals surface area (Å²) in [6, 6.07) is 7.49. The molecule has 0 spiro atoms. The summed E-state index contributed by atoms with van der Waals surface area (Å²) < 4.78 is 0. The summed E-state index contributed by atoms with van der Waals surface area (Å²) in [6.07, 6.45) is 5.90. The van der Waals surface area contributed by atoms with Gasteiger partial charge in [0.25, 0.3) is 0 Å². The van der Waals surface area contributed by atoms with E-state index < -0.39 is 0 Å². The number of carbonyl (C=O) groups is 1. The molecule has 0 atom stereocenters. The Kier molecular flexibility index (Phi) is 14.1. The van der Waals surface area contributed by atoms with E-state index in [1.807, 2.05) is 32.0 Å². The van der Waals surface area contributed by atoms with Crippen LogP contribution < -0.4 is 0 Å². The van der Waals surface area contributed by atoms with Crippen molar-refractivity contribution in [3.63, 3.8) is 0 Å². The molecule has 0 aliphatic carbocycles. The van der Waals surface area contributed by atoms with Crippen LogP contribution >= 0.6 is 0 Å². The number of aromatic nitrogens is 3. The second-order valence-electron chi connectivity index (χ2n) is 2.96. The van der Waals surface area contributed by atoms with Crippen LogP contribution in [0.25, 0.3) is 11.4 Å². The summed E-state index contributed by atoms with van der Waals surface area (Å²) in [7, 11) is 0. The first kappa shape index (κ1) is 20.2. The largest absolute Gasteiger partial charge is 0.374 e. The predicted molar refractivity (Wildman–Crippen MR) is 71.5 cm³/mol. The Morgan fingerprint density at radius 1 is 1.16 bits per heavy atom. The fourth-order valence-electron chi connectivity index (χ4n) is 0.918. The smallest absolute Gasteiger partial charge is 0.0328 e. The van der Waals surface area contributed by atoms with E-state index >= 15 is 0 Å². The molecule has 0 aliphatic rings. The van der Waals surface area contributed by atoms with Crippen molar-refractivity contribution >= 4 is 5.78 Å². The van der Waals surface area contributed by atoms with Crippen LogP contribution in [0.15, 0.2) is 36.7 Å². The van der Waals surface area contributed by atoms with Crippen molar-refractivity contribution in [3.8, 4) is 11.4 Å². The van der Waals surface area contributed by atoms with Crippen molar-refractivity contribution in [2.45, 2.75) is 20.8 Å². The maximum atomic E-state index is 9.33. The second-order valence-corrected chi connectivity index (χ2v) is 2.96. The van der Waals surface area contributed by atoms with Gasteiger partial charge in [-0.3, -0.25) is 4.98 Å². The number of hydrogen-bond acceptors (Lipinski definition) is 4. The van der Waals surface area contributed by atoms with E-state index in [1.54, 1.807) is 18.5 Å². The zero-order valence-electron chi connectivity index (χ0n) is 11.5. The van der Waals surface area contributed by atoms with Gasteiger partial charge in [0.05, 0.1) is 0 Å². The SMILES string of the molecule is CC.[CH2-]C(C)=O.[Y].[c-]1nccc(-c2ccccn2)n1. The Morgan fingerprint density at radius 2 is 1.79 bits per heavy atom. The number of nitrogens with zero attached hydrogens (tertiary/aromatic N) is 3. The van der Waals surface area contributed by atoms with E-state index in [9.17, 15) is 4.79 Å². The average molecular weight is 332 g/mol. The molecule has 0 saturated heterocycles. The summed E-state index contributed by atoms with van der Waals surface area (Å²) >= 11 is 0. The van der Waals surface area contributed by atoms with Crippen LogP contribution in [0.2, 0.25) is 0 Å². The quantitative estimate of drug-likeness (QED) is 0.754. The molecule has 4 nitrogen and oxygen atoms in total. The molecule has 2 aromatic heterocycles.